The van der Waals surface area contributed by atoms with Gasteiger partial charge < -0.3 is 24.4 Å². The summed E-state index contributed by atoms with van der Waals surface area (Å²) >= 11 is 0. The lowest BCUT2D eigenvalue weighted by atomic mass is 10.1. The molecule has 1 atom stereocenters. The van der Waals surface area contributed by atoms with E-state index in [1.54, 1.807) is 12.1 Å². The molecule has 7 nitrogen and oxygen atoms in total. The Morgan fingerprint density at radius 2 is 1.68 bits per heavy atom. The van der Waals surface area contributed by atoms with Crippen LogP contribution < -0.4 is 24.4 Å². The molecule has 0 unspecified atom stereocenters. The van der Waals surface area contributed by atoms with Crippen LogP contribution in [0.1, 0.15) is 6.42 Å². The molecule has 1 saturated heterocycles. The number of methoxy groups -OCH3 is 3. The van der Waals surface area contributed by atoms with Gasteiger partial charge >= 0.3 is 0 Å². The maximum absolute atomic E-state index is 13.1. The second kappa shape index (κ2) is 8.16. The van der Waals surface area contributed by atoms with Crippen molar-refractivity contribution >= 4 is 23.2 Å². The molecular weight excluding hydrogens is 367 g/mol. The molecule has 2 aromatic carbocycles. The second-order valence-electron chi connectivity index (χ2n) is 6.29. The SMILES string of the molecule is COc1cc(NC(=O)[C@@H]2CC(=O)N(c3ccc(F)cc3)C2)cc(OC)c1OC. The van der Waals surface area contributed by atoms with Gasteiger partial charge in [-0.2, -0.15) is 0 Å². The first-order chi connectivity index (χ1) is 13.5. The summed E-state index contributed by atoms with van der Waals surface area (Å²) in [6, 6.07) is 8.85. The number of nitrogens with zero attached hydrogens (tertiary/aromatic N) is 1. The summed E-state index contributed by atoms with van der Waals surface area (Å²) in [7, 11) is 4.46. The van der Waals surface area contributed by atoms with E-state index in [0.717, 1.165) is 0 Å². The number of nitrogens with one attached hydrogen (secondary N) is 1. The van der Waals surface area contributed by atoms with E-state index in [1.165, 1.54) is 50.5 Å². The van der Waals surface area contributed by atoms with Gasteiger partial charge in [0.2, 0.25) is 17.6 Å². The van der Waals surface area contributed by atoms with Crippen molar-refractivity contribution in [3.05, 3.63) is 42.2 Å². The van der Waals surface area contributed by atoms with Gasteiger partial charge in [0.25, 0.3) is 0 Å². The molecule has 28 heavy (non-hydrogen) atoms. The molecule has 1 fully saturated rings. The number of carbonyl (C=O) groups excluding carboxylic acids is 2. The van der Waals surface area contributed by atoms with Crippen molar-refractivity contribution < 1.29 is 28.2 Å². The first kappa shape index (κ1) is 19.5. The van der Waals surface area contributed by atoms with Crippen LogP contribution in [0.2, 0.25) is 0 Å². The average molecular weight is 388 g/mol. The fraction of sp³-hybridized carbons (Fsp3) is 0.300. The van der Waals surface area contributed by atoms with Crippen LogP contribution in [0.4, 0.5) is 15.8 Å². The Kier molecular flexibility index (Phi) is 5.67. The van der Waals surface area contributed by atoms with E-state index in [1.807, 2.05) is 0 Å². The third-order valence-electron chi connectivity index (χ3n) is 4.57. The molecular formula is C20H21FN2O5. The zero-order valence-corrected chi connectivity index (χ0v) is 15.8. The zero-order chi connectivity index (χ0) is 20.3. The van der Waals surface area contributed by atoms with Crippen molar-refractivity contribution in [3.8, 4) is 17.2 Å². The first-order valence-corrected chi connectivity index (χ1v) is 8.63. The van der Waals surface area contributed by atoms with Crippen LogP contribution in [0.3, 0.4) is 0 Å². The Hall–Kier alpha value is -3.29. The van der Waals surface area contributed by atoms with Crippen LogP contribution >= 0.6 is 0 Å². The lowest BCUT2D eigenvalue weighted by Crippen LogP contribution is -2.28. The molecule has 2 aromatic rings. The van der Waals surface area contributed by atoms with Gasteiger partial charge in [0, 0.05) is 36.5 Å². The molecule has 0 bridgehead atoms. The van der Waals surface area contributed by atoms with E-state index in [2.05, 4.69) is 5.32 Å². The molecule has 0 spiro atoms. The van der Waals surface area contributed by atoms with Gasteiger partial charge in [-0.15, -0.1) is 0 Å². The van der Waals surface area contributed by atoms with E-state index in [0.29, 0.717) is 28.6 Å². The number of carbonyl (C=O) groups is 2. The maximum Gasteiger partial charge on any atom is 0.229 e. The van der Waals surface area contributed by atoms with Gasteiger partial charge in [-0.3, -0.25) is 9.59 Å². The van der Waals surface area contributed by atoms with Crippen LogP contribution in [0.25, 0.3) is 0 Å². The van der Waals surface area contributed by atoms with Crippen LogP contribution in [-0.4, -0.2) is 39.7 Å². The highest BCUT2D eigenvalue weighted by atomic mass is 19.1. The summed E-state index contributed by atoms with van der Waals surface area (Å²) in [4.78, 5) is 26.5. The number of rotatable bonds is 6. The molecule has 0 radical (unpaired) electrons. The smallest absolute Gasteiger partial charge is 0.229 e. The Bertz CT molecular complexity index is 860. The Labute approximate surface area is 162 Å². The minimum atomic E-state index is -0.531. The molecule has 0 aromatic heterocycles. The summed E-state index contributed by atoms with van der Waals surface area (Å²) < 4.78 is 28.9. The molecule has 8 heteroatoms. The topological polar surface area (TPSA) is 77.1 Å². The van der Waals surface area contributed by atoms with Crippen LogP contribution in [0.15, 0.2) is 36.4 Å². The Morgan fingerprint density at radius 3 is 2.21 bits per heavy atom. The van der Waals surface area contributed by atoms with Crippen molar-refractivity contribution in [1.29, 1.82) is 0 Å². The summed E-state index contributed by atoms with van der Waals surface area (Å²) in [5.74, 6) is -0.158. The number of hydrogen-bond donors (Lipinski definition) is 1. The van der Waals surface area contributed by atoms with Gasteiger partial charge in [0.05, 0.1) is 27.2 Å². The lowest BCUT2D eigenvalue weighted by molar-refractivity contribution is -0.122. The Balaban J connectivity index is 1.75. The monoisotopic (exact) mass is 388 g/mol. The zero-order valence-electron chi connectivity index (χ0n) is 15.8. The molecule has 1 aliphatic heterocycles. The van der Waals surface area contributed by atoms with E-state index in [4.69, 9.17) is 14.2 Å². The molecule has 3 rings (SSSR count). The van der Waals surface area contributed by atoms with E-state index >= 15 is 0 Å². The number of anilines is 2. The lowest BCUT2D eigenvalue weighted by Gasteiger charge is -2.17. The molecule has 1 aliphatic rings. The Morgan fingerprint density at radius 1 is 1.07 bits per heavy atom. The molecule has 0 saturated carbocycles. The van der Waals surface area contributed by atoms with E-state index in [-0.39, 0.29) is 30.6 Å². The molecule has 0 aliphatic carbocycles. The van der Waals surface area contributed by atoms with Crippen LogP contribution in [-0.2, 0) is 9.59 Å². The highest BCUT2D eigenvalue weighted by Gasteiger charge is 2.35. The predicted molar refractivity (Wildman–Crippen MR) is 102 cm³/mol. The highest BCUT2D eigenvalue weighted by Crippen LogP contribution is 2.40. The predicted octanol–water partition coefficient (Wildman–Crippen LogP) is 2.84. The van der Waals surface area contributed by atoms with Crippen LogP contribution in [0, 0.1) is 11.7 Å². The van der Waals surface area contributed by atoms with Crippen molar-refractivity contribution in [2.45, 2.75) is 6.42 Å². The van der Waals surface area contributed by atoms with Crippen molar-refractivity contribution in [3.63, 3.8) is 0 Å². The maximum atomic E-state index is 13.1. The number of amides is 2. The highest BCUT2D eigenvalue weighted by molar-refractivity contribution is 6.03. The fourth-order valence-corrected chi connectivity index (χ4v) is 3.15. The quantitative estimate of drug-likeness (QED) is 0.824. The standard InChI is InChI=1S/C20H21FN2O5/c1-26-16-9-14(10-17(27-2)19(16)28-3)22-20(25)12-8-18(24)23(11-12)15-6-4-13(21)5-7-15/h4-7,9-10,12H,8,11H2,1-3H3,(H,22,25)/t12-/m1/s1. The third-order valence-corrected chi connectivity index (χ3v) is 4.57. The first-order valence-electron chi connectivity index (χ1n) is 8.63. The van der Waals surface area contributed by atoms with Crippen molar-refractivity contribution in [2.24, 2.45) is 5.92 Å². The molecule has 1 N–H and O–H groups in total. The molecule has 1 heterocycles. The average Bonchev–Trinajstić information content (AvgIpc) is 3.09. The minimum Gasteiger partial charge on any atom is -0.493 e. The normalized spacial score (nSPS) is 16.1. The second-order valence-corrected chi connectivity index (χ2v) is 6.29. The summed E-state index contributed by atoms with van der Waals surface area (Å²) in [6.45, 7) is 0.223. The van der Waals surface area contributed by atoms with Gasteiger partial charge in [-0.05, 0) is 24.3 Å². The number of ether oxygens (including phenoxy) is 3. The van der Waals surface area contributed by atoms with Crippen molar-refractivity contribution in [1.82, 2.24) is 0 Å². The van der Waals surface area contributed by atoms with Crippen molar-refractivity contribution in [2.75, 3.05) is 38.1 Å². The minimum absolute atomic E-state index is 0.0770. The third kappa shape index (κ3) is 3.85. The summed E-state index contributed by atoms with van der Waals surface area (Å²) in [5, 5.41) is 2.79. The van der Waals surface area contributed by atoms with E-state index < -0.39 is 5.92 Å². The largest absolute Gasteiger partial charge is 0.493 e. The van der Waals surface area contributed by atoms with Gasteiger partial charge in [-0.25, -0.2) is 4.39 Å². The van der Waals surface area contributed by atoms with Gasteiger partial charge in [-0.1, -0.05) is 0 Å². The number of hydrogen-bond acceptors (Lipinski definition) is 5. The number of halogens is 1. The summed E-state index contributed by atoms with van der Waals surface area (Å²) in [6.07, 6.45) is 0.0770. The summed E-state index contributed by atoms with van der Waals surface area (Å²) in [5.41, 5.74) is 1.03. The van der Waals surface area contributed by atoms with E-state index in [9.17, 15) is 14.0 Å². The van der Waals surface area contributed by atoms with Gasteiger partial charge in [0.1, 0.15) is 5.82 Å². The van der Waals surface area contributed by atoms with Gasteiger partial charge in [0.15, 0.2) is 11.5 Å². The number of benzene rings is 2. The fourth-order valence-electron chi connectivity index (χ4n) is 3.15. The molecule has 148 valence electrons. The molecule has 2 amide bonds. The van der Waals surface area contributed by atoms with Crippen LogP contribution in [0.5, 0.6) is 17.2 Å².